The number of hydrogen-bond donors (Lipinski definition) is 0. The van der Waals surface area contributed by atoms with E-state index in [2.05, 4.69) is 5.10 Å². The van der Waals surface area contributed by atoms with Gasteiger partial charge in [0.25, 0.3) is 5.56 Å². The summed E-state index contributed by atoms with van der Waals surface area (Å²) in [7, 11) is 0. The highest BCUT2D eigenvalue weighted by molar-refractivity contribution is 8.00. The number of esters is 1. The number of alkyl halides is 3. The molecule has 1 atom stereocenters. The molecule has 28 heavy (non-hydrogen) atoms. The van der Waals surface area contributed by atoms with Crippen LogP contribution in [0.1, 0.15) is 26.3 Å². The van der Waals surface area contributed by atoms with Gasteiger partial charge < -0.3 is 4.74 Å². The van der Waals surface area contributed by atoms with Gasteiger partial charge in [-0.05, 0) is 32.9 Å². The third-order valence-corrected chi connectivity index (χ3v) is 4.91. The van der Waals surface area contributed by atoms with Gasteiger partial charge in [-0.3, -0.25) is 9.59 Å². The van der Waals surface area contributed by atoms with Gasteiger partial charge in [0, 0.05) is 11.0 Å². The van der Waals surface area contributed by atoms with Crippen LogP contribution >= 0.6 is 23.4 Å². The van der Waals surface area contributed by atoms with Gasteiger partial charge in [0.05, 0.1) is 22.9 Å². The van der Waals surface area contributed by atoms with E-state index in [-0.39, 0.29) is 16.0 Å². The van der Waals surface area contributed by atoms with Gasteiger partial charge in [-0.15, -0.1) is 11.8 Å². The summed E-state index contributed by atoms with van der Waals surface area (Å²) in [6.45, 7) is 4.92. The maximum absolute atomic E-state index is 14.3. The number of rotatable bonds is 5. The number of nitrogens with zero attached hydrogens (tertiary/aromatic N) is 2. The third-order valence-electron chi connectivity index (χ3n) is 3.34. The monoisotopic (exact) mass is 438 g/mol. The second-order valence-corrected chi connectivity index (χ2v) is 7.76. The van der Waals surface area contributed by atoms with Gasteiger partial charge in [-0.1, -0.05) is 11.6 Å². The highest BCUT2D eigenvalue weighted by Crippen LogP contribution is 2.34. The first kappa shape index (κ1) is 22.2. The van der Waals surface area contributed by atoms with Gasteiger partial charge in [-0.2, -0.15) is 23.0 Å². The van der Waals surface area contributed by atoms with Gasteiger partial charge in [0.15, 0.2) is 5.82 Å². The van der Waals surface area contributed by atoms with Crippen LogP contribution in [0, 0.1) is 5.82 Å². The lowest BCUT2D eigenvalue weighted by Gasteiger charge is -2.15. The van der Waals surface area contributed by atoms with Crippen molar-refractivity contribution in [2.75, 3.05) is 0 Å². The molecule has 0 aliphatic rings. The van der Waals surface area contributed by atoms with Crippen molar-refractivity contribution in [3.8, 4) is 5.69 Å². The number of halogens is 5. The zero-order chi connectivity index (χ0) is 21.2. The van der Waals surface area contributed by atoms with E-state index in [1.807, 2.05) is 0 Å². The smallest absolute Gasteiger partial charge is 0.418 e. The molecule has 11 heteroatoms. The van der Waals surface area contributed by atoms with Crippen molar-refractivity contribution in [1.82, 2.24) is 9.78 Å². The molecule has 0 fully saturated rings. The fraction of sp³-hybridized carbons (Fsp3) is 0.353. The molecule has 2 rings (SSSR count). The lowest BCUT2D eigenvalue weighted by molar-refractivity contribution is -0.146. The molecule has 0 saturated carbocycles. The van der Waals surface area contributed by atoms with Crippen LogP contribution < -0.4 is 5.56 Å². The van der Waals surface area contributed by atoms with Crippen LogP contribution in [-0.2, 0) is 15.7 Å². The number of aromatic nitrogens is 2. The van der Waals surface area contributed by atoms with Crippen LogP contribution in [0.2, 0.25) is 5.02 Å². The molecule has 0 aliphatic heterocycles. The molecule has 1 aromatic carbocycles. The molecule has 1 unspecified atom stereocenters. The van der Waals surface area contributed by atoms with Crippen LogP contribution in [0.15, 0.2) is 34.1 Å². The van der Waals surface area contributed by atoms with Crippen LogP contribution in [0.3, 0.4) is 0 Å². The van der Waals surface area contributed by atoms with Gasteiger partial charge in [0.2, 0.25) is 0 Å². The Bertz CT molecular complexity index is 947. The summed E-state index contributed by atoms with van der Waals surface area (Å²) in [5.74, 6) is -1.48. The molecule has 0 saturated heterocycles. The predicted octanol–water partition coefficient (Wildman–Crippen LogP) is 4.48. The van der Waals surface area contributed by atoms with Crippen molar-refractivity contribution >= 4 is 29.3 Å². The van der Waals surface area contributed by atoms with Crippen molar-refractivity contribution in [3.05, 3.63) is 51.2 Å². The predicted molar refractivity (Wildman–Crippen MR) is 96.4 cm³/mol. The van der Waals surface area contributed by atoms with Crippen molar-refractivity contribution in [2.45, 2.75) is 43.2 Å². The quantitative estimate of drug-likeness (QED) is 0.391. The van der Waals surface area contributed by atoms with Gasteiger partial charge in [0.1, 0.15) is 10.9 Å². The summed E-state index contributed by atoms with van der Waals surface area (Å²) < 4.78 is 57.9. The standard InChI is InChI=1S/C17H15ClF4N2O3S/c1-8(2)27-16(26)9(3)28-14-6-13(12(19)5-11(14)18)24-15(25)4-10(7-23-24)17(20,21)22/h4-9H,1-3H3. The first-order valence-corrected chi connectivity index (χ1v) is 9.19. The van der Waals surface area contributed by atoms with Crippen LogP contribution in [0.4, 0.5) is 17.6 Å². The second-order valence-electron chi connectivity index (χ2n) is 5.97. The Hall–Kier alpha value is -2.07. The summed E-state index contributed by atoms with van der Waals surface area (Å²) in [5, 5.41) is 2.67. The zero-order valence-electron chi connectivity index (χ0n) is 14.9. The minimum atomic E-state index is -4.75. The number of benzene rings is 1. The Balaban J connectivity index is 2.41. The average molecular weight is 439 g/mol. The molecule has 1 aromatic heterocycles. The molecule has 0 bridgehead atoms. The van der Waals surface area contributed by atoms with Crippen LogP contribution in [0.5, 0.6) is 0 Å². The SMILES string of the molecule is CC(C)OC(=O)C(C)Sc1cc(-n2ncc(C(F)(F)F)cc2=O)c(F)cc1Cl. The Labute approximate surface area is 166 Å². The van der Waals surface area contributed by atoms with Crippen molar-refractivity contribution in [2.24, 2.45) is 0 Å². The lowest BCUT2D eigenvalue weighted by atomic mass is 10.3. The third kappa shape index (κ3) is 5.26. The number of thioether (sulfide) groups is 1. The maximum Gasteiger partial charge on any atom is 0.418 e. The molecular weight excluding hydrogens is 424 g/mol. The van der Waals surface area contributed by atoms with E-state index in [4.69, 9.17) is 16.3 Å². The molecule has 1 heterocycles. The van der Waals surface area contributed by atoms with E-state index >= 15 is 0 Å². The average Bonchev–Trinajstić information content (AvgIpc) is 2.56. The summed E-state index contributed by atoms with van der Waals surface area (Å²) in [6, 6.07) is 2.35. The molecule has 0 N–H and O–H groups in total. The molecule has 0 spiro atoms. The summed E-state index contributed by atoms with van der Waals surface area (Å²) in [5.41, 5.74) is -2.81. The highest BCUT2D eigenvalue weighted by Gasteiger charge is 2.32. The molecule has 152 valence electrons. The number of carbonyl (C=O) groups is 1. The normalized spacial score (nSPS) is 12.9. The van der Waals surface area contributed by atoms with Crippen molar-refractivity contribution in [3.63, 3.8) is 0 Å². The number of ether oxygens (including phenoxy) is 1. The van der Waals surface area contributed by atoms with Gasteiger partial charge >= 0.3 is 12.1 Å². The van der Waals surface area contributed by atoms with Crippen molar-refractivity contribution < 1.29 is 27.1 Å². The summed E-state index contributed by atoms with van der Waals surface area (Å²) in [4.78, 5) is 24.2. The Morgan fingerprint density at radius 3 is 2.43 bits per heavy atom. The molecule has 5 nitrogen and oxygen atoms in total. The molecule has 0 amide bonds. The largest absolute Gasteiger partial charge is 0.462 e. The summed E-state index contributed by atoms with van der Waals surface area (Å²) in [6.07, 6.45) is -4.66. The maximum atomic E-state index is 14.3. The fourth-order valence-corrected chi connectivity index (χ4v) is 3.25. The van der Waals surface area contributed by atoms with E-state index in [1.54, 1.807) is 20.8 Å². The first-order valence-electron chi connectivity index (χ1n) is 7.93. The first-order chi connectivity index (χ1) is 12.9. The van der Waals surface area contributed by atoms with E-state index in [0.717, 1.165) is 23.9 Å². The molecule has 0 radical (unpaired) electrons. The highest BCUT2D eigenvalue weighted by atomic mass is 35.5. The topological polar surface area (TPSA) is 61.2 Å². The van der Waals surface area contributed by atoms with E-state index in [9.17, 15) is 27.2 Å². The second kappa shape index (κ2) is 8.52. The van der Waals surface area contributed by atoms with Crippen LogP contribution in [0.25, 0.3) is 5.69 Å². The molecule has 0 aliphatic carbocycles. The molecular formula is C17H15ClF4N2O3S. The molecule has 2 aromatic rings. The minimum Gasteiger partial charge on any atom is -0.462 e. The van der Waals surface area contributed by atoms with Gasteiger partial charge in [-0.25, -0.2) is 4.39 Å². The number of hydrogen-bond acceptors (Lipinski definition) is 5. The van der Waals surface area contributed by atoms with Crippen molar-refractivity contribution in [1.29, 1.82) is 0 Å². The zero-order valence-corrected chi connectivity index (χ0v) is 16.5. The van der Waals surface area contributed by atoms with Crippen LogP contribution in [-0.4, -0.2) is 27.1 Å². The van der Waals surface area contributed by atoms with E-state index in [0.29, 0.717) is 16.9 Å². The minimum absolute atomic E-state index is 0.0320. The Morgan fingerprint density at radius 1 is 1.25 bits per heavy atom. The van der Waals surface area contributed by atoms with E-state index in [1.165, 1.54) is 0 Å². The fourth-order valence-electron chi connectivity index (χ4n) is 2.08. The Morgan fingerprint density at radius 2 is 1.89 bits per heavy atom. The number of carbonyl (C=O) groups excluding carboxylic acids is 1. The summed E-state index contributed by atoms with van der Waals surface area (Å²) >= 11 is 6.95. The Kier molecular flexibility index (Phi) is 6.76. The van der Waals surface area contributed by atoms with E-state index < -0.39 is 40.0 Å². The lowest BCUT2D eigenvalue weighted by Crippen LogP contribution is -2.24.